The molecular formula is C28H29F3N6O6. The third-order valence-corrected chi connectivity index (χ3v) is 6.78. The number of halogens is 3. The molecular weight excluding hydrogens is 573 g/mol. The molecule has 0 spiro atoms. The summed E-state index contributed by atoms with van der Waals surface area (Å²) in [6.07, 6.45) is -3.14. The average Bonchev–Trinajstić information content (AvgIpc) is 3.35. The van der Waals surface area contributed by atoms with Gasteiger partial charge in [-0.3, -0.25) is 19.9 Å². The molecule has 1 aromatic carbocycles. The van der Waals surface area contributed by atoms with E-state index in [-0.39, 0.29) is 42.2 Å². The lowest BCUT2D eigenvalue weighted by atomic mass is 10.0. The van der Waals surface area contributed by atoms with Gasteiger partial charge in [-0.15, -0.1) is 0 Å². The number of amides is 3. The number of carboxylic acid groups (broad SMARTS) is 1. The van der Waals surface area contributed by atoms with Gasteiger partial charge in [-0.05, 0) is 62.4 Å². The van der Waals surface area contributed by atoms with Crippen molar-refractivity contribution in [3.8, 4) is 11.3 Å². The van der Waals surface area contributed by atoms with Crippen molar-refractivity contribution in [2.45, 2.75) is 51.7 Å². The predicted octanol–water partition coefficient (Wildman–Crippen LogP) is 4.77. The van der Waals surface area contributed by atoms with Crippen molar-refractivity contribution in [1.82, 2.24) is 19.5 Å². The zero-order chi connectivity index (χ0) is 31.3. The van der Waals surface area contributed by atoms with Crippen LogP contribution in [-0.4, -0.2) is 67.9 Å². The first kappa shape index (κ1) is 31.0. The number of rotatable bonds is 8. The number of aryl methyl sites for hydroxylation is 1. The molecule has 3 N–H and O–H groups in total. The number of carbonyl (C=O) groups is 4. The maximum absolute atomic E-state index is 13.3. The van der Waals surface area contributed by atoms with Crippen LogP contribution in [0.1, 0.15) is 71.4 Å². The number of alkyl halides is 3. The van der Waals surface area contributed by atoms with E-state index in [0.717, 1.165) is 16.9 Å². The third kappa shape index (κ3) is 6.93. The molecule has 1 aliphatic heterocycles. The van der Waals surface area contributed by atoms with Gasteiger partial charge in [-0.25, -0.2) is 24.2 Å². The average molecular weight is 603 g/mol. The van der Waals surface area contributed by atoms with E-state index in [9.17, 15) is 37.5 Å². The van der Waals surface area contributed by atoms with Crippen LogP contribution in [0.25, 0.3) is 11.3 Å². The van der Waals surface area contributed by atoms with E-state index in [1.54, 1.807) is 17.7 Å². The van der Waals surface area contributed by atoms with Gasteiger partial charge in [-0.1, -0.05) is 19.1 Å². The number of imidazole rings is 1. The molecule has 1 unspecified atom stereocenters. The van der Waals surface area contributed by atoms with Crippen molar-refractivity contribution in [1.29, 1.82) is 0 Å². The Labute approximate surface area is 243 Å². The Morgan fingerprint density at radius 3 is 2.44 bits per heavy atom. The molecule has 0 aliphatic carbocycles. The van der Waals surface area contributed by atoms with Gasteiger partial charge in [0.25, 0.3) is 5.91 Å². The minimum Gasteiger partial charge on any atom is -0.465 e. The van der Waals surface area contributed by atoms with Crippen LogP contribution in [-0.2, 0) is 16.0 Å². The SMILES string of the molecule is CCOC(=O)c1c(-c2ccc(C(=O)Nc3cc(CC)ccn3)cc2)nc(C2CCCCN2C(=O)O)n1NC(=O)C(F)(F)F. The molecule has 43 heavy (non-hydrogen) atoms. The molecule has 0 bridgehead atoms. The van der Waals surface area contributed by atoms with Crippen molar-refractivity contribution in [3.05, 3.63) is 65.2 Å². The highest BCUT2D eigenvalue weighted by atomic mass is 19.4. The summed E-state index contributed by atoms with van der Waals surface area (Å²) in [6, 6.07) is 8.15. The standard InChI is InChI=1S/C28H29F3N6O6/c1-3-16-12-13-32-20(15-16)33-24(38)18-10-8-17(9-11-18)21-22(25(39)43-4-2)37(35-26(40)28(29,30)31)23(34-21)19-7-5-6-14-36(19)27(41)42/h8-13,15,19H,3-7,14H2,1-2H3,(H,35,40)(H,41,42)(H,32,33,38). The molecule has 1 fully saturated rings. The highest BCUT2D eigenvalue weighted by Crippen LogP contribution is 2.35. The van der Waals surface area contributed by atoms with Crippen LogP contribution in [0.5, 0.6) is 0 Å². The van der Waals surface area contributed by atoms with Crippen LogP contribution in [0.4, 0.5) is 23.8 Å². The number of carbonyl (C=O) groups excluding carboxylic acids is 3. The normalized spacial score (nSPS) is 15.1. The second kappa shape index (κ2) is 12.9. The molecule has 0 saturated carbocycles. The summed E-state index contributed by atoms with van der Waals surface area (Å²) in [4.78, 5) is 59.5. The second-order valence-corrected chi connectivity index (χ2v) is 9.58. The predicted molar refractivity (Wildman–Crippen MR) is 147 cm³/mol. The highest BCUT2D eigenvalue weighted by molar-refractivity contribution is 6.04. The maximum atomic E-state index is 13.3. The number of likely N-dealkylation sites (tertiary alicyclic amines) is 1. The summed E-state index contributed by atoms with van der Waals surface area (Å²) in [6.45, 7) is 3.37. The number of aromatic nitrogens is 3. The Kier molecular flexibility index (Phi) is 9.31. The first-order valence-corrected chi connectivity index (χ1v) is 13.5. The number of esters is 1. The first-order chi connectivity index (χ1) is 20.4. The van der Waals surface area contributed by atoms with E-state index in [1.165, 1.54) is 31.2 Å². The summed E-state index contributed by atoms with van der Waals surface area (Å²) < 4.78 is 45.6. The van der Waals surface area contributed by atoms with Crippen molar-refractivity contribution >= 4 is 29.7 Å². The smallest absolute Gasteiger partial charge is 0.465 e. The molecule has 3 aromatic rings. The number of benzene rings is 1. The van der Waals surface area contributed by atoms with Crippen LogP contribution >= 0.6 is 0 Å². The van der Waals surface area contributed by atoms with Gasteiger partial charge in [-0.2, -0.15) is 13.2 Å². The van der Waals surface area contributed by atoms with Gasteiger partial charge < -0.3 is 15.2 Å². The molecule has 3 heterocycles. The number of ether oxygens (including phenoxy) is 1. The van der Waals surface area contributed by atoms with Crippen LogP contribution in [0, 0.1) is 0 Å². The number of nitrogens with one attached hydrogen (secondary N) is 2. The molecule has 12 nitrogen and oxygen atoms in total. The molecule has 1 aliphatic rings. The number of hydrogen-bond acceptors (Lipinski definition) is 7. The van der Waals surface area contributed by atoms with Crippen LogP contribution < -0.4 is 10.7 Å². The van der Waals surface area contributed by atoms with Gasteiger partial charge in [0.15, 0.2) is 11.5 Å². The van der Waals surface area contributed by atoms with Gasteiger partial charge in [0.1, 0.15) is 11.5 Å². The van der Waals surface area contributed by atoms with E-state index >= 15 is 0 Å². The van der Waals surface area contributed by atoms with Crippen LogP contribution in [0.3, 0.4) is 0 Å². The Balaban J connectivity index is 1.79. The van der Waals surface area contributed by atoms with Crippen molar-refractivity contribution in [2.24, 2.45) is 0 Å². The number of anilines is 1. The molecule has 2 aromatic heterocycles. The fraction of sp³-hybridized carbons (Fsp3) is 0.357. The largest absolute Gasteiger partial charge is 0.472 e. The second-order valence-electron chi connectivity index (χ2n) is 9.58. The summed E-state index contributed by atoms with van der Waals surface area (Å²) in [5.41, 5.74) is 2.34. The van der Waals surface area contributed by atoms with E-state index in [4.69, 9.17) is 4.74 Å². The Bertz CT molecular complexity index is 1520. The lowest BCUT2D eigenvalue weighted by Gasteiger charge is -2.33. The summed E-state index contributed by atoms with van der Waals surface area (Å²) in [7, 11) is 0. The topological polar surface area (TPSA) is 156 Å². The van der Waals surface area contributed by atoms with Gasteiger partial charge >= 0.3 is 24.1 Å². The molecule has 228 valence electrons. The Morgan fingerprint density at radius 2 is 1.81 bits per heavy atom. The number of piperidine rings is 1. The summed E-state index contributed by atoms with van der Waals surface area (Å²) in [5.74, 6) is -3.92. The van der Waals surface area contributed by atoms with Crippen molar-refractivity contribution in [2.75, 3.05) is 23.9 Å². The van der Waals surface area contributed by atoms with Crippen LogP contribution in [0.2, 0.25) is 0 Å². The Morgan fingerprint density at radius 1 is 1.09 bits per heavy atom. The molecule has 3 amide bonds. The minimum absolute atomic E-state index is 0.0734. The van der Waals surface area contributed by atoms with Gasteiger partial charge in [0, 0.05) is 23.9 Å². The van der Waals surface area contributed by atoms with E-state index in [0.29, 0.717) is 23.3 Å². The zero-order valence-corrected chi connectivity index (χ0v) is 23.3. The number of pyridine rings is 1. The molecule has 15 heteroatoms. The summed E-state index contributed by atoms with van der Waals surface area (Å²) in [5, 5.41) is 12.5. The van der Waals surface area contributed by atoms with Gasteiger partial charge in [0.05, 0.1) is 12.6 Å². The highest BCUT2D eigenvalue weighted by Gasteiger charge is 2.42. The zero-order valence-electron chi connectivity index (χ0n) is 23.3. The number of nitrogens with zero attached hydrogens (tertiary/aromatic N) is 4. The van der Waals surface area contributed by atoms with Crippen molar-refractivity contribution < 1.29 is 42.2 Å². The number of hydrogen-bond donors (Lipinski definition) is 3. The van der Waals surface area contributed by atoms with E-state index < -0.39 is 41.8 Å². The summed E-state index contributed by atoms with van der Waals surface area (Å²) >= 11 is 0. The van der Waals surface area contributed by atoms with Crippen LogP contribution in [0.15, 0.2) is 42.6 Å². The fourth-order valence-corrected chi connectivity index (χ4v) is 4.69. The monoisotopic (exact) mass is 602 g/mol. The molecule has 4 rings (SSSR count). The molecule has 1 saturated heterocycles. The molecule has 0 radical (unpaired) electrons. The van der Waals surface area contributed by atoms with Crippen molar-refractivity contribution in [3.63, 3.8) is 0 Å². The quantitative estimate of drug-likeness (QED) is 0.311. The fourth-order valence-electron chi connectivity index (χ4n) is 4.69. The Hall–Kier alpha value is -4.95. The third-order valence-electron chi connectivity index (χ3n) is 6.78. The first-order valence-electron chi connectivity index (χ1n) is 13.5. The lowest BCUT2D eigenvalue weighted by molar-refractivity contribution is -0.168. The maximum Gasteiger partial charge on any atom is 0.472 e. The molecule has 1 atom stereocenters. The van der Waals surface area contributed by atoms with Gasteiger partial charge in [0.2, 0.25) is 0 Å². The van der Waals surface area contributed by atoms with E-state index in [1.807, 2.05) is 13.0 Å². The lowest BCUT2D eigenvalue weighted by Crippen LogP contribution is -2.42. The minimum atomic E-state index is -5.33. The van der Waals surface area contributed by atoms with E-state index in [2.05, 4.69) is 15.3 Å².